The SMILES string of the molecule is Cc1ccc(C)c(OC[C@@H]2CCCO2)c1. The van der Waals surface area contributed by atoms with Crippen molar-refractivity contribution in [3.8, 4) is 5.75 Å². The zero-order valence-corrected chi connectivity index (χ0v) is 9.45. The summed E-state index contributed by atoms with van der Waals surface area (Å²) in [5.41, 5.74) is 2.43. The minimum Gasteiger partial charge on any atom is -0.491 e. The lowest BCUT2D eigenvalue weighted by atomic mass is 10.1. The highest BCUT2D eigenvalue weighted by Crippen LogP contribution is 2.21. The fourth-order valence-corrected chi connectivity index (χ4v) is 1.82. The summed E-state index contributed by atoms with van der Waals surface area (Å²) in [5, 5.41) is 0. The van der Waals surface area contributed by atoms with Crippen molar-refractivity contribution in [2.24, 2.45) is 0 Å². The van der Waals surface area contributed by atoms with Gasteiger partial charge in [0.25, 0.3) is 0 Å². The summed E-state index contributed by atoms with van der Waals surface area (Å²) in [7, 11) is 0. The molecule has 2 rings (SSSR count). The van der Waals surface area contributed by atoms with Crippen LogP contribution in [0.2, 0.25) is 0 Å². The number of aryl methyl sites for hydroxylation is 2. The van der Waals surface area contributed by atoms with Crippen molar-refractivity contribution in [2.45, 2.75) is 32.8 Å². The maximum Gasteiger partial charge on any atom is 0.122 e. The Bertz CT molecular complexity index is 327. The van der Waals surface area contributed by atoms with Gasteiger partial charge in [-0.3, -0.25) is 0 Å². The first-order valence-corrected chi connectivity index (χ1v) is 5.57. The minimum atomic E-state index is 0.296. The van der Waals surface area contributed by atoms with Crippen molar-refractivity contribution in [3.63, 3.8) is 0 Å². The second-order valence-corrected chi connectivity index (χ2v) is 4.21. The van der Waals surface area contributed by atoms with Crippen LogP contribution < -0.4 is 4.74 Å². The molecule has 0 radical (unpaired) electrons. The summed E-state index contributed by atoms with van der Waals surface area (Å²) < 4.78 is 11.3. The van der Waals surface area contributed by atoms with Gasteiger partial charge in [0.2, 0.25) is 0 Å². The Morgan fingerprint density at radius 3 is 3.00 bits per heavy atom. The lowest BCUT2D eigenvalue weighted by Crippen LogP contribution is -2.16. The van der Waals surface area contributed by atoms with Gasteiger partial charge in [-0.25, -0.2) is 0 Å². The summed E-state index contributed by atoms with van der Waals surface area (Å²) in [6, 6.07) is 6.29. The number of ether oxygens (including phenoxy) is 2. The van der Waals surface area contributed by atoms with Crippen molar-refractivity contribution in [3.05, 3.63) is 29.3 Å². The quantitative estimate of drug-likeness (QED) is 0.757. The molecular formula is C13H18O2. The van der Waals surface area contributed by atoms with Gasteiger partial charge < -0.3 is 9.47 Å². The van der Waals surface area contributed by atoms with Crippen LogP contribution in [0.4, 0.5) is 0 Å². The second kappa shape index (κ2) is 4.67. The highest BCUT2D eigenvalue weighted by Gasteiger charge is 2.16. The van der Waals surface area contributed by atoms with Gasteiger partial charge >= 0.3 is 0 Å². The molecule has 0 aliphatic carbocycles. The Labute approximate surface area is 91.2 Å². The number of hydrogen-bond acceptors (Lipinski definition) is 2. The molecule has 0 unspecified atom stereocenters. The van der Waals surface area contributed by atoms with E-state index in [-0.39, 0.29) is 0 Å². The van der Waals surface area contributed by atoms with E-state index in [9.17, 15) is 0 Å². The molecule has 1 heterocycles. The topological polar surface area (TPSA) is 18.5 Å². The number of benzene rings is 1. The zero-order chi connectivity index (χ0) is 10.7. The van der Waals surface area contributed by atoms with E-state index in [2.05, 4.69) is 32.0 Å². The maximum absolute atomic E-state index is 5.78. The van der Waals surface area contributed by atoms with Crippen LogP contribution >= 0.6 is 0 Å². The number of hydrogen-bond donors (Lipinski definition) is 0. The van der Waals surface area contributed by atoms with Crippen molar-refractivity contribution in [1.29, 1.82) is 0 Å². The highest BCUT2D eigenvalue weighted by atomic mass is 16.5. The molecule has 2 nitrogen and oxygen atoms in total. The lowest BCUT2D eigenvalue weighted by molar-refractivity contribution is 0.0677. The Morgan fingerprint density at radius 2 is 2.27 bits per heavy atom. The zero-order valence-electron chi connectivity index (χ0n) is 9.45. The first-order valence-electron chi connectivity index (χ1n) is 5.57. The standard InChI is InChI=1S/C13H18O2/c1-10-5-6-11(2)13(8-10)15-9-12-4-3-7-14-12/h5-6,8,12H,3-4,7,9H2,1-2H3/t12-/m0/s1. The van der Waals surface area contributed by atoms with Gasteiger partial charge in [0.05, 0.1) is 6.10 Å². The summed E-state index contributed by atoms with van der Waals surface area (Å²) in [6.07, 6.45) is 2.59. The van der Waals surface area contributed by atoms with Gasteiger partial charge in [-0.15, -0.1) is 0 Å². The average molecular weight is 206 g/mol. The Kier molecular flexibility index (Phi) is 3.27. The molecule has 0 aromatic heterocycles. The van der Waals surface area contributed by atoms with Gasteiger partial charge in [0.1, 0.15) is 12.4 Å². The van der Waals surface area contributed by atoms with Crippen molar-refractivity contribution in [1.82, 2.24) is 0 Å². The van der Waals surface area contributed by atoms with Crippen LogP contribution in [0.1, 0.15) is 24.0 Å². The molecule has 1 fully saturated rings. The molecule has 1 aliphatic heterocycles. The van der Waals surface area contributed by atoms with Crippen LogP contribution in [-0.4, -0.2) is 19.3 Å². The molecule has 1 saturated heterocycles. The molecule has 0 amide bonds. The Hall–Kier alpha value is -1.02. The van der Waals surface area contributed by atoms with Crippen LogP contribution in [0.3, 0.4) is 0 Å². The Balaban J connectivity index is 1.94. The van der Waals surface area contributed by atoms with Gasteiger partial charge in [0, 0.05) is 6.61 Å². The molecule has 0 spiro atoms. The van der Waals surface area contributed by atoms with E-state index in [0.717, 1.165) is 18.8 Å². The molecule has 15 heavy (non-hydrogen) atoms. The molecule has 1 aromatic rings. The van der Waals surface area contributed by atoms with E-state index in [1.165, 1.54) is 17.5 Å². The van der Waals surface area contributed by atoms with E-state index < -0.39 is 0 Å². The van der Waals surface area contributed by atoms with Gasteiger partial charge in [-0.2, -0.15) is 0 Å². The van der Waals surface area contributed by atoms with Crippen molar-refractivity contribution < 1.29 is 9.47 Å². The predicted octanol–water partition coefficient (Wildman–Crippen LogP) is 2.86. The fourth-order valence-electron chi connectivity index (χ4n) is 1.82. The molecule has 1 aromatic carbocycles. The third-order valence-electron chi connectivity index (χ3n) is 2.79. The van der Waals surface area contributed by atoms with Crippen molar-refractivity contribution in [2.75, 3.05) is 13.2 Å². The van der Waals surface area contributed by atoms with Crippen LogP contribution in [0.15, 0.2) is 18.2 Å². The number of rotatable bonds is 3. The van der Waals surface area contributed by atoms with E-state index >= 15 is 0 Å². The second-order valence-electron chi connectivity index (χ2n) is 4.21. The molecule has 82 valence electrons. The summed E-state index contributed by atoms with van der Waals surface area (Å²) in [4.78, 5) is 0. The molecule has 2 heteroatoms. The molecule has 0 bridgehead atoms. The smallest absolute Gasteiger partial charge is 0.122 e. The predicted molar refractivity (Wildman–Crippen MR) is 60.4 cm³/mol. The van der Waals surface area contributed by atoms with Gasteiger partial charge in [-0.1, -0.05) is 12.1 Å². The van der Waals surface area contributed by atoms with Crippen LogP contribution in [-0.2, 0) is 4.74 Å². The fraction of sp³-hybridized carbons (Fsp3) is 0.538. The normalized spacial score (nSPS) is 20.5. The monoisotopic (exact) mass is 206 g/mol. The third-order valence-corrected chi connectivity index (χ3v) is 2.79. The van der Waals surface area contributed by atoms with E-state index in [1.54, 1.807) is 0 Å². The van der Waals surface area contributed by atoms with E-state index in [0.29, 0.717) is 12.7 Å². The largest absolute Gasteiger partial charge is 0.491 e. The molecule has 1 aliphatic rings. The highest BCUT2D eigenvalue weighted by molar-refractivity contribution is 5.35. The summed E-state index contributed by atoms with van der Waals surface area (Å²) >= 11 is 0. The molecule has 0 saturated carbocycles. The first kappa shape index (κ1) is 10.5. The van der Waals surface area contributed by atoms with Gasteiger partial charge in [-0.05, 0) is 43.9 Å². The average Bonchev–Trinajstić information content (AvgIpc) is 2.72. The minimum absolute atomic E-state index is 0.296. The van der Waals surface area contributed by atoms with E-state index in [1.807, 2.05) is 0 Å². The van der Waals surface area contributed by atoms with Crippen LogP contribution in [0, 0.1) is 13.8 Å². The first-order chi connectivity index (χ1) is 7.25. The summed E-state index contributed by atoms with van der Waals surface area (Å²) in [6.45, 7) is 5.73. The summed E-state index contributed by atoms with van der Waals surface area (Å²) in [5.74, 6) is 0.991. The Morgan fingerprint density at radius 1 is 1.40 bits per heavy atom. The lowest BCUT2D eigenvalue weighted by Gasteiger charge is -2.13. The van der Waals surface area contributed by atoms with Crippen LogP contribution in [0.5, 0.6) is 5.75 Å². The van der Waals surface area contributed by atoms with Gasteiger partial charge in [0.15, 0.2) is 0 Å². The third kappa shape index (κ3) is 2.72. The van der Waals surface area contributed by atoms with Crippen LogP contribution in [0.25, 0.3) is 0 Å². The van der Waals surface area contributed by atoms with E-state index in [4.69, 9.17) is 9.47 Å². The molecule has 0 N–H and O–H groups in total. The molecule has 1 atom stereocenters. The maximum atomic E-state index is 5.78. The van der Waals surface area contributed by atoms with Crippen molar-refractivity contribution >= 4 is 0 Å². The molecular weight excluding hydrogens is 188 g/mol.